The molecule has 0 amide bonds. The summed E-state index contributed by atoms with van der Waals surface area (Å²) in [5.74, 6) is 0.605. The SMILES string of the molecule is CCNC(CSc1cccc(F)c1)c1ccccc1Cl. The van der Waals surface area contributed by atoms with Crippen LogP contribution in [-0.4, -0.2) is 12.3 Å². The van der Waals surface area contributed by atoms with Crippen molar-refractivity contribution in [2.45, 2.75) is 17.9 Å². The minimum Gasteiger partial charge on any atom is -0.309 e. The van der Waals surface area contributed by atoms with E-state index in [-0.39, 0.29) is 11.9 Å². The van der Waals surface area contributed by atoms with Crippen molar-refractivity contribution >= 4 is 23.4 Å². The van der Waals surface area contributed by atoms with Gasteiger partial charge in [0.05, 0.1) is 0 Å². The lowest BCUT2D eigenvalue weighted by Crippen LogP contribution is -2.23. The van der Waals surface area contributed by atoms with Gasteiger partial charge in [0, 0.05) is 21.7 Å². The summed E-state index contributed by atoms with van der Waals surface area (Å²) in [5, 5.41) is 4.19. The number of halogens is 2. The van der Waals surface area contributed by atoms with Crippen LogP contribution in [0.25, 0.3) is 0 Å². The fraction of sp³-hybridized carbons (Fsp3) is 0.250. The fourth-order valence-electron chi connectivity index (χ4n) is 2.00. The fourth-order valence-corrected chi connectivity index (χ4v) is 3.29. The number of hydrogen-bond donors (Lipinski definition) is 1. The highest BCUT2D eigenvalue weighted by molar-refractivity contribution is 7.99. The van der Waals surface area contributed by atoms with Gasteiger partial charge in [-0.1, -0.05) is 42.8 Å². The van der Waals surface area contributed by atoms with E-state index >= 15 is 0 Å². The predicted octanol–water partition coefficient (Wildman–Crippen LogP) is 4.92. The van der Waals surface area contributed by atoms with Crippen molar-refractivity contribution in [3.05, 3.63) is 64.9 Å². The first-order valence-corrected chi connectivity index (χ1v) is 7.93. The highest BCUT2D eigenvalue weighted by Gasteiger charge is 2.13. The third-order valence-electron chi connectivity index (χ3n) is 2.94. The molecule has 0 aliphatic rings. The molecule has 0 heterocycles. The number of hydrogen-bond acceptors (Lipinski definition) is 2. The van der Waals surface area contributed by atoms with Crippen molar-refractivity contribution in [3.63, 3.8) is 0 Å². The van der Waals surface area contributed by atoms with Gasteiger partial charge in [-0.2, -0.15) is 0 Å². The second-order valence-corrected chi connectivity index (χ2v) is 5.90. The van der Waals surface area contributed by atoms with E-state index in [2.05, 4.69) is 12.2 Å². The Balaban J connectivity index is 2.08. The Bertz CT molecular complexity index is 562. The summed E-state index contributed by atoms with van der Waals surface area (Å²) in [6, 6.07) is 14.7. The summed E-state index contributed by atoms with van der Waals surface area (Å²) in [5.41, 5.74) is 1.08. The van der Waals surface area contributed by atoms with Crippen LogP contribution < -0.4 is 5.32 Å². The summed E-state index contributed by atoms with van der Waals surface area (Å²) in [4.78, 5) is 0.931. The van der Waals surface area contributed by atoms with E-state index in [0.29, 0.717) is 0 Å². The quantitative estimate of drug-likeness (QED) is 0.760. The van der Waals surface area contributed by atoms with E-state index in [1.807, 2.05) is 30.3 Å². The lowest BCUT2D eigenvalue weighted by molar-refractivity contribution is 0.605. The van der Waals surface area contributed by atoms with Gasteiger partial charge in [-0.15, -0.1) is 11.8 Å². The molecule has 0 radical (unpaired) electrons. The molecule has 2 aromatic carbocycles. The van der Waals surface area contributed by atoms with Gasteiger partial charge < -0.3 is 5.32 Å². The average Bonchev–Trinajstić information content (AvgIpc) is 2.44. The Morgan fingerprint density at radius 2 is 2.00 bits per heavy atom. The van der Waals surface area contributed by atoms with Gasteiger partial charge in [-0.3, -0.25) is 0 Å². The van der Waals surface area contributed by atoms with E-state index in [4.69, 9.17) is 11.6 Å². The van der Waals surface area contributed by atoms with Crippen molar-refractivity contribution in [2.24, 2.45) is 0 Å². The van der Waals surface area contributed by atoms with Gasteiger partial charge >= 0.3 is 0 Å². The summed E-state index contributed by atoms with van der Waals surface area (Å²) in [6.45, 7) is 2.93. The topological polar surface area (TPSA) is 12.0 Å². The van der Waals surface area contributed by atoms with Crippen molar-refractivity contribution in [1.82, 2.24) is 5.32 Å². The Labute approximate surface area is 128 Å². The Kier molecular flexibility index (Phi) is 5.89. The summed E-state index contributed by atoms with van der Waals surface area (Å²) in [6.07, 6.45) is 0. The van der Waals surface area contributed by atoms with Crippen LogP contribution in [0, 0.1) is 5.82 Å². The van der Waals surface area contributed by atoms with Crippen LogP contribution in [-0.2, 0) is 0 Å². The summed E-state index contributed by atoms with van der Waals surface area (Å²) < 4.78 is 13.2. The lowest BCUT2D eigenvalue weighted by Gasteiger charge is -2.19. The van der Waals surface area contributed by atoms with Crippen LogP contribution in [0.2, 0.25) is 5.02 Å². The molecule has 1 unspecified atom stereocenters. The van der Waals surface area contributed by atoms with Gasteiger partial charge in [0.25, 0.3) is 0 Å². The summed E-state index contributed by atoms with van der Waals surface area (Å²) in [7, 11) is 0. The highest BCUT2D eigenvalue weighted by atomic mass is 35.5. The molecular weight excluding hydrogens is 293 g/mol. The zero-order chi connectivity index (χ0) is 14.4. The molecule has 4 heteroatoms. The van der Waals surface area contributed by atoms with Gasteiger partial charge in [0.15, 0.2) is 0 Å². The van der Waals surface area contributed by atoms with Crippen LogP contribution in [0.5, 0.6) is 0 Å². The van der Waals surface area contributed by atoms with Crippen LogP contribution >= 0.6 is 23.4 Å². The largest absolute Gasteiger partial charge is 0.309 e. The van der Waals surface area contributed by atoms with E-state index in [1.165, 1.54) is 6.07 Å². The molecule has 0 saturated carbocycles. The third kappa shape index (κ3) is 4.23. The summed E-state index contributed by atoms with van der Waals surface area (Å²) >= 11 is 7.88. The average molecular weight is 310 g/mol. The first-order valence-electron chi connectivity index (χ1n) is 6.57. The molecule has 106 valence electrons. The Morgan fingerprint density at radius 1 is 1.20 bits per heavy atom. The number of nitrogens with one attached hydrogen (secondary N) is 1. The van der Waals surface area contributed by atoms with Gasteiger partial charge in [-0.25, -0.2) is 4.39 Å². The van der Waals surface area contributed by atoms with E-state index < -0.39 is 0 Å². The second-order valence-electron chi connectivity index (χ2n) is 4.40. The van der Waals surface area contributed by atoms with Gasteiger partial charge in [-0.05, 0) is 36.4 Å². The number of rotatable bonds is 6. The van der Waals surface area contributed by atoms with E-state index in [0.717, 1.165) is 27.8 Å². The zero-order valence-electron chi connectivity index (χ0n) is 11.3. The normalized spacial score (nSPS) is 12.3. The van der Waals surface area contributed by atoms with Crippen molar-refractivity contribution in [2.75, 3.05) is 12.3 Å². The smallest absolute Gasteiger partial charge is 0.124 e. The molecule has 0 spiro atoms. The molecule has 0 aliphatic heterocycles. The molecule has 2 rings (SSSR count). The van der Waals surface area contributed by atoms with Crippen molar-refractivity contribution in [3.8, 4) is 0 Å². The van der Waals surface area contributed by atoms with E-state index in [1.54, 1.807) is 23.9 Å². The van der Waals surface area contributed by atoms with Crippen LogP contribution in [0.15, 0.2) is 53.4 Å². The molecule has 0 saturated heterocycles. The van der Waals surface area contributed by atoms with Gasteiger partial charge in [0.1, 0.15) is 5.82 Å². The maximum absolute atomic E-state index is 13.2. The molecular formula is C16H17ClFNS. The van der Waals surface area contributed by atoms with Crippen molar-refractivity contribution < 1.29 is 4.39 Å². The second kappa shape index (κ2) is 7.67. The van der Waals surface area contributed by atoms with Crippen LogP contribution in [0.1, 0.15) is 18.5 Å². The standard InChI is InChI=1S/C16H17ClFNS/c1-2-19-16(14-8-3-4-9-15(14)17)11-20-13-7-5-6-12(18)10-13/h3-10,16,19H,2,11H2,1H3. The molecule has 0 fully saturated rings. The molecule has 0 aliphatic carbocycles. The molecule has 0 aromatic heterocycles. The maximum Gasteiger partial charge on any atom is 0.124 e. The van der Waals surface area contributed by atoms with E-state index in [9.17, 15) is 4.39 Å². The third-order valence-corrected chi connectivity index (χ3v) is 4.38. The molecule has 1 atom stereocenters. The molecule has 1 N–H and O–H groups in total. The van der Waals surface area contributed by atoms with Crippen LogP contribution in [0.4, 0.5) is 4.39 Å². The predicted molar refractivity (Wildman–Crippen MR) is 85.0 cm³/mol. The van der Waals surface area contributed by atoms with Gasteiger partial charge in [0.2, 0.25) is 0 Å². The lowest BCUT2D eigenvalue weighted by atomic mass is 10.1. The Morgan fingerprint density at radius 3 is 2.70 bits per heavy atom. The molecule has 0 bridgehead atoms. The molecule has 20 heavy (non-hydrogen) atoms. The van der Waals surface area contributed by atoms with Crippen LogP contribution in [0.3, 0.4) is 0 Å². The number of thioether (sulfide) groups is 1. The maximum atomic E-state index is 13.2. The minimum atomic E-state index is -0.201. The Hall–Kier alpha value is -1.03. The number of benzene rings is 2. The highest BCUT2D eigenvalue weighted by Crippen LogP contribution is 2.29. The molecule has 2 aromatic rings. The first-order chi connectivity index (χ1) is 9.70. The zero-order valence-corrected chi connectivity index (χ0v) is 12.8. The molecule has 1 nitrogen and oxygen atoms in total. The first kappa shape index (κ1) is 15.4. The van der Waals surface area contributed by atoms with Crippen molar-refractivity contribution in [1.29, 1.82) is 0 Å². The minimum absolute atomic E-state index is 0.155. The monoisotopic (exact) mass is 309 g/mol.